The van der Waals surface area contributed by atoms with Gasteiger partial charge in [0.1, 0.15) is 6.10 Å². The molecule has 4 nitrogen and oxygen atoms in total. The van der Waals surface area contributed by atoms with Crippen LogP contribution in [0.2, 0.25) is 0 Å². The van der Waals surface area contributed by atoms with Gasteiger partial charge in [-0.1, -0.05) is 6.07 Å². The van der Waals surface area contributed by atoms with Crippen LogP contribution < -0.4 is 0 Å². The van der Waals surface area contributed by atoms with Crippen LogP contribution >= 0.6 is 0 Å². The molecule has 1 aromatic heterocycles. The molecular formula is C9H10N2O2. The van der Waals surface area contributed by atoms with Crippen molar-refractivity contribution in [3.8, 4) is 6.07 Å². The van der Waals surface area contributed by atoms with Crippen molar-refractivity contribution in [3.05, 3.63) is 29.6 Å². The van der Waals surface area contributed by atoms with Gasteiger partial charge >= 0.3 is 0 Å². The molecule has 0 aliphatic rings. The first kappa shape index (κ1) is 9.65. The largest absolute Gasteiger partial charge is 0.383 e. The highest BCUT2D eigenvalue weighted by atomic mass is 16.3. The van der Waals surface area contributed by atoms with Gasteiger partial charge in [-0.15, -0.1) is 0 Å². The molecule has 68 valence electrons. The van der Waals surface area contributed by atoms with Crippen molar-refractivity contribution in [1.29, 1.82) is 5.26 Å². The number of nitriles is 1. The zero-order valence-electron chi connectivity index (χ0n) is 7.18. The summed E-state index contributed by atoms with van der Waals surface area (Å²) >= 11 is 0. The number of aryl methyl sites for hydroxylation is 1. The summed E-state index contributed by atoms with van der Waals surface area (Å²) < 4.78 is 0. The Kier molecular flexibility index (Phi) is 2.96. The van der Waals surface area contributed by atoms with Crippen LogP contribution in [0.3, 0.4) is 0 Å². The Labute approximate surface area is 76.1 Å². The van der Waals surface area contributed by atoms with E-state index in [1.165, 1.54) is 0 Å². The lowest BCUT2D eigenvalue weighted by Crippen LogP contribution is -2.16. The minimum absolute atomic E-state index is 0.305. The number of nitrogens with zero attached hydrogens (tertiary/aromatic N) is 2. The Bertz CT molecular complexity index is 315. The Morgan fingerprint density at radius 2 is 2.15 bits per heavy atom. The molecule has 0 spiro atoms. The van der Waals surface area contributed by atoms with Gasteiger partial charge in [-0.3, -0.25) is 4.98 Å². The monoisotopic (exact) mass is 178 g/mol. The topological polar surface area (TPSA) is 77.1 Å². The number of pyridine rings is 1. The van der Waals surface area contributed by atoms with E-state index in [4.69, 9.17) is 10.4 Å². The lowest BCUT2D eigenvalue weighted by Gasteiger charge is -2.10. The number of aromatic nitrogens is 1. The third-order valence-electron chi connectivity index (χ3n) is 1.67. The lowest BCUT2D eigenvalue weighted by molar-refractivity contribution is 0.0498. The van der Waals surface area contributed by atoms with Crippen molar-refractivity contribution in [3.63, 3.8) is 0 Å². The van der Waals surface area contributed by atoms with Crippen LogP contribution in [0.15, 0.2) is 18.3 Å². The van der Waals surface area contributed by atoms with E-state index in [1.54, 1.807) is 24.4 Å². The quantitative estimate of drug-likeness (QED) is 0.639. The van der Waals surface area contributed by atoms with Crippen LogP contribution in [-0.2, 0) is 0 Å². The highest BCUT2D eigenvalue weighted by Crippen LogP contribution is 2.13. The second-order valence-electron chi connectivity index (χ2n) is 2.78. The molecule has 0 radical (unpaired) electrons. The molecule has 1 heterocycles. The predicted octanol–water partition coefficient (Wildman–Crippen LogP) is 0.308. The van der Waals surface area contributed by atoms with Gasteiger partial charge in [0.2, 0.25) is 0 Å². The van der Waals surface area contributed by atoms with E-state index < -0.39 is 12.2 Å². The lowest BCUT2D eigenvalue weighted by atomic mass is 10.1. The first-order valence-electron chi connectivity index (χ1n) is 3.83. The molecule has 1 rings (SSSR count). The van der Waals surface area contributed by atoms with Crippen LogP contribution in [0.1, 0.15) is 17.4 Å². The van der Waals surface area contributed by atoms with Crippen molar-refractivity contribution < 1.29 is 10.2 Å². The van der Waals surface area contributed by atoms with E-state index in [0.717, 1.165) is 5.56 Å². The molecule has 2 unspecified atom stereocenters. The zero-order chi connectivity index (χ0) is 9.84. The molecule has 0 fully saturated rings. The fraction of sp³-hybridized carbons (Fsp3) is 0.333. The SMILES string of the molecule is Cc1ccc(C(O)C(O)C#N)nc1. The molecule has 13 heavy (non-hydrogen) atoms. The molecule has 0 saturated carbocycles. The third-order valence-corrected chi connectivity index (χ3v) is 1.67. The Balaban J connectivity index is 2.84. The normalized spacial score (nSPS) is 14.6. The molecule has 2 atom stereocenters. The molecule has 0 amide bonds. The van der Waals surface area contributed by atoms with Gasteiger partial charge in [0.05, 0.1) is 11.8 Å². The van der Waals surface area contributed by atoms with E-state index in [9.17, 15) is 5.11 Å². The molecule has 2 N–H and O–H groups in total. The van der Waals surface area contributed by atoms with Crippen LogP contribution in [0.4, 0.5) is 0 Å². The summed E-state index contributed by atoms with van der Waals surface area (Å²) in [6, 6.07) is 4.89. The van der Waals surface area contributed by atoms with Crippen molar-refractivity contribution in [2.45, 2.75) is 19.1 Å². The standard InChI is InChI=1S/C9H10N2O2/c1-6-2-3-7(11-5-6)9(13)8(12)4-10/h2-3,5,8-9,12-13H,1H3. The summed E-state index contributed by atoms with van der Waals surface area (Å²) in [6.07, 6.45) is -1.08. The average molecular weight is 178 g/mol. The molecule has 0 saturated heterocycles. The van der Waals surface area contributed by atoms with Crippen LogP contribution in [0, 0.1) is 18.3 Å². The third kappa shape index (κ3) is 2.25. The summed E-state index contributed by atoms with van der Waals surface area (Å²) in [5, 5.41) is 26.7. The smallest absolute Gasteiger partial charge is 0.171 e. The summed E-state index contributed by atoms with van der Waals surface area (Å²) in [5.41, 5.74) is 1.27. The first-order chi connectivity index (χ1) is 6.15. The molecule has 4 heteroatoms. The maximum absolute atomic E-state index is 9.34. The van der Waals surface area contributed by atoms with Crippen molar-refractivity contribution >= 4 is 0 Å². The Morgan fingerprint density at radius 3 is 2.62 bits per heavy atom. The van der Waals surface area contributed by atoms with Gasteiger partial charge in [-0.2, -0.15) is 5.26 Å². The maximum Gasteiger partial charge on any atom is 0.171 e. The molecule has 0 bridgehead atoms. The van der Waals surface area contributed by atoms with E-state index in [1.807, 2.05) is 6.92 Å². The van der Waals surface area contributed by atoms with Crippen LogP contribution in [0.5, 0.6) is 0 Å². The number of hydrogen-bond acceptors (Lipinski definition) is 4. The van der Waals surface area contributed by atoms with Gasteiger partial charge in [-0.25, -0.2) is 0 Å². The van der Waals surface area contributed by atoms with Gasteiger partial charge in [0.15, 0.2) is 6.10 Å². The van der Waals surface area contributed by atoms with Gasteiger partial charge in [-0.05, 0) is 18.6 Å². The van der Waals surface area contributed by atoms with E-state index in [0.29, 0.717) is 5.69 Å². The Morgan fingerprint density at radius 1 is 1.46 bits per heavy atom. The molecule has 0 aromatic carbocycles. The van der Waals surface area contributed by atoms with Gasteiger partial charge in [0.25, 0.3) is 0 Å². The second-order valence-corrected chi connectivity index (χ2v) is 2.78. The van der Waals surface area contributed by atoms with Crippen LogP contribution in [-0.4, -0.2) is 21.3 Å². The zero-order valence-corrected chi connectivity index (χ0v) is 7.18. The molecular weight excluding hydrogens is 168 g/mol. The number of rotatable bonds is 2. The molecule has 0 aliphatic carbocycles. The van der Waals surface area contributed by atoms with Crippen molar-refractivity contribution in [2.75, 3.05) is 0 Å². The van der Waals surface area contributed by atoms with Crippen LogP contribution in [0.25, 0.3) is 0 Å². The van der Waals surface area contributed by atoms with Gasteiger partial charge < -0.3 is 10.2 Å². The summed E-state index contributed by atoms with van der Waals surface area (Å²) in [5.74, 6) is 0. The number of aliphatic hydroxyl groups excluding tert-OH is 2. The number of aliphatic hydroxyl groups is 2. The Hall–Kier alpha value is -1.44. The average Bonchev–Trinajstić information content (AvgIpc) is 2.17. The summed E-state index contributed by atoms with van der Waals surface area (Å²) in [6.45, 7) is 1.86. The van der Waals surface area contributed by atoms with Gasteiger partial charge in [0, 0.05) is 6.20 Å². The highest BCUT2D eigenvalue weighted by molar-refractivity contribution is 5.16. The number of hydrogen-bond donors (Lipinski definition) is 2. The van der Waals surface area contributed by atoms with Crippen molar-refractivity contribution in [2.24, 2.45) is 0 Å². The first-order valence-corrected chi connectivity index (χ1v) is 3.83. The molecule has 1 aromatic rings. The fourth-order valence-corrected chi connectivity index (χ4v) is 0.887. The van der Waals surface area contributed by atoms with Crippen molar-refractivity contribution in [1.82, 2.24) is 4.98 Å². The van der Waals surface area contributed by atoms with E-state index in [2.05, 4.69) is 4.98 Å². The predicted molar refractivity (Wildman–Crippen MR) is 45.6 cm³/mol. The minimum Gasteiger partial charge on any atom is -0.383 e. The summed E-state index contributed by atoms with van der Waals surface area (Å²) in [7, 11) is 0. The highest BCUT2D eigenvalue weighted by Gasteiger charge is 2.18. The molecule has 0 aliphatic heterocycles. The van der Waals surface area contributed by atoms with E-state index >= 15 is 0 Å². The minimum atomic E-state index is -1.42. The second kappa shape index (κ2) is 3.99. The fourth-order valence-electron chi connectivity index (χ4n) is 0.887. The van der Waals surface area contributed by atoms with E-state index in [-0.39, 0.29) is 0 Å². The maximum atomic E-state index is 9.34. The summed E-state index contributed by atoms with van der Waals surface area (Å²) in [4.78, 5) is 3.89.